The monoisotopic (exact) mass is 314 g/mol. The molecule has 0 amide bonds. The number of ether oxygens (including phenoxy) is 1. The van der Waals surface area contributed by atoms with Crippen LogP contribution in [-0.2, 0) is 11.3 Å². The second kappa shape index (κ2) is 6.87. The van der Waals surface area contributed by atoms with Crippen LogP contribution in [0.5, 0.6) is 0 Å². The normalized spacial score (nSPS) is 18.2. The molecule has 1 atom stereocenters. The molecule has 3 heterocycles. The van der Waals surface area contributed by atoms with Crippen LogP contribution in [0, 0.1) is 6.92 Å². The molecule has 0 spiro atoms. The van der Waals surface area contributed by atoms with Gasteiger partial charge < -0.3 is 15.4 Å². The van der Waals surface area contributed by atoms with E-state index in [1.165, 1.54) is 0 Å². The van der Waals surface area contributed by atoms with E-state index in [9.17, 15) is 0 Å². The molecule has 1 aliphatic rings. The van der Waals surface area contributed by atoms with Crippen LogP contribution in [0.3, 0.4) is 0 Å². The minimum atomic E-state index is 0.333. The van der Waals surface area contributed by atoms with Gasteiger partial charge in [0.15, 0.2) is 5.82 Å². The lowest BCUT2D eigenvalue weighted by Gasteiger charge is -2.33. The molecule has 7 heteroatoms. The molecule has 0 aromatic carbocycles. The van der Waals surface area contributed by atoms with Gasteiger partial charge in [0.1, 0.15) is 12.4 Å². The summed E-state index contributed by atoms with van der Waals surface area (Å²) in [6.07, 6.45) is 3.92. The number of piperidine rings is 1. The Morgan fingerprint density at radius 1 is 1.35 bits per heavy atom. The van der Waals surface area contributed by atoms with Gasteiger partial charge in [-0.3, -0.25) is 0 Å². The van der Waals surface area contributed by atoms with Gasteiger partial charge in [-0.2, -0.15) is 0 Å². The number of anilines is 2. The van der Waals surface area contributed by atoms with E-state index < -0.39 is 0 Å². The van der Waals surface area contributed by atoms with Gasteiger partial charge in [-0.15, -0.1) is 0 Å². The van der Waals surface area contributed by atoms with Crippen molar-refractivity contribution in [2.75, 3.05) is 30.8 Å². The van der Waals surface area contributed by atoms with Crippen molar-refractivity contribution in [1.29, 1.82) is 0 Å². The van der Waals surface area contributed by atoms with Crippen molar-refractivity contribution in [2.24, 2.45) is 0 Å². The summed E-state index contributed by atoms with van der Waals surface area (Å²) < 4.78 is 5.15. The first kappa shape index (κ1) is 15.6. The van der Waals surface area contributed by atoms with Crippen LogP contribution in [-0.4, -0.2) is 40.1 Å². The average molecular weight is 314 g/mol. The highest BCUT2D eigenvalue weighted by Gasteiger charge is 2.24. The first-order chi connectivity index (χ1) is 11.2. The van der Waals surface area contributed by atoms with Crippen molar-refractivity contribution in [1.82, 2.24) is 19.9 Å². The fourth-order valence-electron chi connectivity index (χ4n) is 3.01. The van der Waals surface area contributed by atoms with Crippen LogP contribution in [0.25, 0.3) is 0 Å². The molecular weight excluding hydrogens is 292 g/mol. The van der Waals surface area contributed by atoms with Gasteiger partial charge in [-0.25, -0.2) is 19.9 Å². The maximum atomic E-state index is 5.71. The molecule has 2 aromatic heterocycles. The Morgan fingerprint density at radius 3 is 3.00 bits per heavy atom. The van der Waals surface area contributed by atoms with E-state index in [0.717, 1.165) is 49.0 Å². The third-order valence-corrected chi connectivity index (χ3v) is 4.02. The molecule has 23 heavy (non-hydrogen) atoms. The Morgan fingerprint density at radius 2 is 2.22 bits per heavy atom. The van der Waals surface area contributed by atoms with Crippen molar-refractivity contribution in [3.8, 4) is 0 Å². The SMILES string of the molecule is COCc1nc(C)cc(N2CCCC(c3ccnc(N)n3)C2)n1. The van der Waals surface area contributed by atoms with Crippen LogP contribution in [0.4, 0.5) is 11.8 Å². The predicted octanol–water partition coefficient (Wildman–Crippen LogP) is 1.69. The lowest BCUT2D eigenvalue weighted by molar-refractivity contribution is 0.177. The number of nitrogens with two attached hydrogens (primary N) is 1. The summed E-state index contributed by atoms with van der Waals surface area (Å²) in [7, 11) is 1.65. The van der Waals surface area contributed by atoms with E-state index in [0.29, 0.717) is 18.5 Å². The van der Waals surface area contributed by atoms with Crippen molar-refractivity contribution >= 4 is 11.8 Å². The summed E-state index contributed by atoms with van der Waals surface area (Å²) in [6, 6.07) is 3.97. The number of rotatable bonds is 4. The molecule has 2 aromatic rings. The van der Waals surface area contributed by atoms with Crippen LogP contribution in [0.2, 0.25) is 0 Å². The Bertz CT molecular complexity index is 677. The van der Waals surface area contributed by atoms with E-state index >= 15 is 0 Å². The molecule has 3 rings (SSSR count). The van der Waals surface area contributed by atoms with Crippen molar-refractivity contribution in [2.45, 2.75) is 32.3 Å². The zero-order chi connectivity index (χ0) is 16.2. The minimum Gasteiger partial charge on any atom is -0.377 e. The van der Waals surface area contributed by atoms with Gasteiger partial charge in [-0.05, 0) is 25.8 Å². The number of hydrogen-bond acceptors (Lipinski definition) is 7. The topological polar surface area (TPSA) is 90.0 Å². The van der Waals surface area contributed by atoms with Gasteiger partial charge in [0.05, 0.1) is 5.69 Å². The van der Waals surface area contributed by atoms with Crippen LogP contribution in [0.15, 0.2) is 18.3 Å². The lowest BCUT2D eigenvalue weighted by atomic mass is 9.94. The van der Waals surface area contributed by atoms with E-state index in [1.54, 1.807) is 13.3 Å². The number of nitrogen functional groups attached to an aromatic ring is 1. The molecular formula is C16H22N6O. The third kappa shape index (κ3) is 3.73. The predicted molar refractivity (Wildman–Crippen MR) is 88.1 cm³/mol. The second-order valence-corrected chi connectivity index (χ2v) is 5.84. The number of methoxy groups -OCH3 is 1. The first-order valence-electron chi connectivity index (χ1n) is 7.82. The van der Waals surface area contributed by atoms with E-state index in [1.807, 2.05) is 19.1 Å². The maximum Gasteiger partial charge on any atom is 0.220 e. The number of nitrogens with zero attached hydrogens (tertiary/aromatic N) is 5. The molecule has 0 aliphatic carbocycles. The second-order valence-electron chi connectivity index (χ2n) is 5.84. The smallest absolute Gasteiger partial charge is 0.220 e. The summed E-state index contributed by atoms with van der Waals surface area (Å²) >= 11 is 0. The van der Waals surface area contributed by atoms with Gasteiger partial charge >= 0.3 is 0 Å². The van der Waals surface area contributed by atoms with Crippen LogP contribution < -0.4 is 10.6 Å². The molecule has 1 fully saturated rings. The maximum absolute atomic E-state index is 5.71. The highest BCUT2D eigenvalue weighted by Crippen LogP contribution is 2.28. The van der Waals surface area contributed by atoms with Gasteiger partial charge in [0.2, 0.25) is 5.95 Å². The highest BCUT2D eigenvalue weighted by molar-refractivity contribution is 5.41. The Balaban J connectivity index is 1.81. The summed E-state index contributed by atoms with van der Waals surface area (Å²) in [5.74, 6) is 2.35. The van der Waals surface area contributed by atoms with E-state index in [2.05, 4.69) is 24.8 Å². The van der Waals surface area contributed by atoms with Gasteiger partial charge in [0.25, 0.3) is 0 Å². The average Bonchev–Trinajstić information content (AvgIpc) is 2.55. The highest BCUT2D eigenvalue weighted by atomic mass is 16.5. The van der Waals surface area contributed by atoms with Crippen LogP contribution >= 0.6 is 0 Å². The molecule has 0 radical (unpaired) electrons. The van der Waals surface area contributed by atoms with Crippen molar-refractivity contribution < 1.29 is 4.74 Å². The summed E-state index contributed by atoms with van der Waals surface area (Å²) in [4.78, 5) is 19.7. The molecule has 0 bridgehead atoms. The molecule has 0 saturated carbocycles. The zero-order valence-corrected chi connectivity index (χ0v) is 13.6. The Hall–Kier alpha value is -2.28. The summed E-state index contributed by atoms with van der Waals surface area (Å²) in [6.45, 7) is 4.27. The van der Waals surface area contributed by atoms with Crippen molar-refractivity contribution in [3.05, 3.63) is 35.5 Å². The van der Waals surface area contributed by atoms with Crippen LogP contribution in [0.1, 0.15) is 36.0 Å². The number of hydrogen-bond donors (Lipinski definition) is 1. The number of aromatic nitrogens is 4. The fourth-order valence-corrected chi connectivity index (χ4v) is 3.01. The largest absolute Gasteiger partial charge is 0.377 e. The summed E-state index contributed by atoms with van der Waals surface area (Å²) in [5, 5.41) is 0. The quantitative estimate of drug-likeness (QED) is 0.918. The van der Waals surface area contributed by atoms with Gasteiger partial charge in [-0.1, -0.05) is 0 Å². The number of aryl methyl sites for hydroxylation is 1. The van der Waals surface area contributed by atoms with E-state index in [-0.39, 0.29) is 0 Å². The summed E-state index contributed by atoms with van der Waals surface area (Å²) in [5.41, 5.74) is 7.67. The van der Waals surface area contributed by atoms with E-state index in [4.69, 9.17) is 10.5 Å². The third-order valence-electron chi connectivity index (χ3n) is 4.02. The molecule has 122 valence electrons. The van der Waals surface area contributed by atoms with Crippen molar-refractivity contribution in [3.63, 3.8) is 0 Å². The van der Waals surface area contributed by atoms with Gasteiger partial charge in [0, 0.05) is 44.1 Å². The molecule has 7 nitrogen and oxygen atoms in total. The minimum absolute atomic E-state index is 0.333. The molecule has 2 N–H and O–H groups in total. The lowest BCUT2D eigenvalue weighted by Crippen LogP contribution is -2.35. The molecule has 1 aliphatic heterocycles. The molecule has 1 saturated heterocycles. The molecule has 1 unspecified atom stereocenters. The Labute approximate surface area is 135 Å². The Kier molecular flexibility index (Phi) is 4.66. The standard InChI is InChI=1S/C16H22N6O/c1-11-8-15(21-14(19-11)10-23-2)22-7-3-4-12(9-22)13-5-6-18-16(17)20-13/h5-6,8,12H,3-4,7,9-10H2,1-2H3,(H2,17,18,20). The fraction of sp³-hybridized carbons (Fsp3) is 0.500. The first-order valence-corrected chi connectivity index (χ1v) is 7.82. The zero-order valence-electron chi connectivity index (χ0n) is 13.6.